The van der Waals surface area contributed by atoms with Crippen molar-refractivity contribution in [2.45, 2.75) is 0 Å². The third-order valence-corrected chi connectivity index (χ3v) is 1.80. The second kappa shape index (κ2) is 2.87. The van der Waals surface area contributed by atoms with Crippen molar-refractivity contribution in [3.05, 3.63) is 35.8 Å². The van der Waals surface area contributed by atoms with Crippen molar-refractivity contribution in [3.8, 4) is 5.75 Å². The molecule has 0 aliphatic rings. The lowest BCUT2D eigenvalue weighted by Gasteiger charge is -2.01. The highest BCUT2D eigenvalue weighted by atomic mass is 19.2. The quantitative estimate of drug-likeness (QED) is 0.660. The SMILES string of the molecule is Oc1cnc2c(F)c(F)c(F)cc2c1. The van der Waals surface area contributed by atoms with E-state index in [1.54, 1.807) is 0 Å². The Hall–Kier alpha value is -1.78. The van der Waals surface area contributed by atoms with E-state index < -0.39 is 17.5 Å². The zero-order valence-electron chi connectivity index (χ0n) is 6.76. The number of rotatable bonds is 0. The molecule has 2 rings (SSSR count). The molecular weight excluding hydrogens is 195 g/mol. The van der Waals surface area contributed by atoms with Gasteiger partial charge in [-0.25, -0.2) is 18.2 Å². The maximum absolute atomic E-state index is 13.0. The Morgan fingerprint density at radius 1 is 1.07 bits per heavy atom. The highest BCUT2D eigenvalue weighted by Crippen LogP contribution is 2.23. The average molecular weight is 199 g/mol. The lowest BCUT2D eigenvalue weighted by atomic mass is 10.2. The van der Waals surface area contributed by atoms with Crippen molar-refractivity contribution in [1.82, 2.24) is 4.98 Å². The summed E-state index contributed by atoms with van der Waals surface area (Å²) in [5, 5.41) is 9.00. The van der Waals surface area contributed by atoms with Crippen LogP contribution in [0.2, 0.25) is 0 Å². The van der Waals surface area contributed by atoms with Crippen molar-refractivity contribution in [2.75, 3.05) is 0 Å². The molecule has 14 heavy (non-hydrogen) atoms. The maximum Gasteiger partial charge on any atom is 0.196 e. The van der Waals surface area contributed by atoms with Gasteiger partial charge in [-0.15, -0.1) is 0 Å². The average Bonchev–Trinajstić information content (AvgIpc) is 2.14. The van der Waals surface area contributed by atoms with E-state index in [1.165, 1.54) is 0 Å². The Balaban J connectivity index is 2.91. The molecule has 0 saturated heterocycles. The van der Waals surface area contributed by atoms with Crippen molar-refractivity contribution < 1.29 is 18.3 Å². The predicted molar refractivity (Wildman–Crippen MR) is 43.3 cm³/mol. The number of benzene rings is 1. The number of fused-ring (bicyclic) bond motifs is 1. The Kier molecular flexibility index (Phi) is 1.80. The second-order valence-electron chi connectivity index (χ2n) is 2.75. The van der Waals surface area contributed by atoms with Gasteiger partial charge in [0.2, 0.25) is 0 Å². The van der Waals surface area contributed by atoms with Crippen LogP contribution >= 0.6 is 0 Å². The van der Waals surface area contributed by atoms with Crippen LogP contribution in [0.4, 0.5) is 13.2 Å². The first-order chi connectivity index (χ1) is 6.59. The minimum atomic E-state index is -1.56. The molecule has 1 heterocycles. The van der Waals surface area contributed by atoms with Crippen molar-refractivity contribution in [2.24, 2.45) is 0 Å². The van der Waals surface area contributed by atoms with Gasteiger partial charge >= 0.3 is 0 Å². The molecule has 0 saturated carbocycles. The first kappa shape index (κ1) is 8.80. The van der Waals surface area contributed by atoms with Gasteiger partial charge in [0.05, 0.1) is 6.20 Å². The van der Waals surface area contributed by atoms with Crippen LogP contribution in [0.3, 0.4) is 0 Å². The van der Waals surface area contributed by atoms with Crippen LogP contribution in [0.25, 0.3) is 10.9 Å². The molecule has 1 N–H and O–H groups in total. The fraction of sp³-hybridized carbons (Fsp3) is 0. The summed E-state index contributed by atoms with van der Waals surface area (Å²) >= 11 is 0. The first-order valence-corrected chi connectivity index (χ1v) is 3.72. The van der Waals surface area contributed by atoms with Gasteiger partial charge in [-0.3, -0.25) is 0 Å². The zero-order valence-corrected chi connectivity index (χ0v) is 6.76. The summed E-state index contributed by atoms with van der Waals surface area (Å²) in [5.74, 6) is -4.44. The predicted octanol–water partition coefficient (Wildman–Crippen LogP) is 2.36. The topological polar surface area (TPSA) is 33.1 Å². The molecule has 0 aliphatic carbocycles. The van der Waals surface area contributed by atoms with Gasteiger partial charge in [0, 0.05) is 5.39 Å². The monoisotopic (exact) mass is 199 g/mol. The summed E-state index contributed by atoms with van der Waals surface area (Å²) in [6, 6.07) is 1.88. The lowest BCUT2D eigenvalue weighted by Crippen LogP contribution is -1.93. The first-order valence-electron chi connectivity index (χ1n) is 3.72. The molecule has 0 fully saturated rings. The third-order valence-electron chi connectivity index (χ3n) is 1.80. The van der Waals surface area contributed by atoms with Crippen molar-refractivity contribution in [1.29, 1.82) is 0 Å². The van der Waals surface area contributed by atoms with E-state index in [4.69, 9.17) is 5.11 Å². The van der Waals surface area contributed by atoms with E-state index in [-0.39, 0.29) is 16.7 Å². The molecule has 5 heteroatoms. The summed E-state index contributed by atoms with van der Waals surface area (Å²) in [5.41, 5.74) is -0.304. The van der Waals surface area contributed by atoms with E-state index in [0.717, 1.165) is 18.3 Å². The molecule has 0 amide bonds. The van der Waals surface area contributed by atoms with Gasteiger partial charge in [0.1, 0.15) is 11.3 Å². The number of nitrogens with zero attached hydrogens (tertiary/aromatic N) is 1. The molecule has 2 aromatic rings. The second-order valence-corrected chi connectivity index (χ2v) is 2.75. The maximum atomic E-state index is 13.0. The van der Waals surface area contributed by atoms with Crippen LogP contribution in [0.5, 0.6) is 5.75 Å². The van der Waals surface area contributed by atoms with Gasteiger partial charge in [-0.2, -0.15) is 0 Å². The zero-order chi connectivity index (χ0) is 10.3. The van der Waals surface area contributed by atoms with E-state index in [1.807, 2.05) is 0 Å². The number of hydrogen-bond donors (Lipinski definition) is 1. The molecule has 0 spiro atoms. The Bertz CT molecular complexity index is 513. The number of halogens is 3. The molecule has 0 bridgehead atoms. The Morgan fingerprint density at radius 2 is 1.79 bits per heavy atom. The Morgan fingerprint density at radius 3 is 2.50 bits per heavy atom. The molecule has 1 aromatic carbocycles. The summed E-state index contributed by atoms with van der Waals surface area (Å²) in [6.07, 6.45) is 0.961. The molecule has 0 unspecified atom stereocenters. The van der Waals surface area contributed by atoms with Crippen LogP contribution in [0.1, 0.15) is 0 Å². The fourth-order valence-electron chi connectivity index (χ4n) is 1.17. The smallest absolute Gasteiger partial charge is 0.196 e. The van der Waals surface area contributed by atoms with Gasteiger partial charge in [-0.1, -0.05) is 0 Å². The molecule has 0 atom stereocenters. The fourth-order valence-corrected chi connectivity index (χ4v) is 1.17. The molecular formula is C9H4F3NO. The molecule has 0 radical (unpaired) electrons. The van der Waals surface area contributed by atoms with Crippen LogP contribution < -0.4 is 0 Å². The number of aromatic nitrogens is 1. The van der Waals surface area contributed by atoms with E-state index in [2.05, 4.69) is 4.98 Å². The summed E-state index contributed by atoms with van der Waals surface area (Å²) in [4.78, 5) is 3.45. The molecule has 0 aliphatic heterocycles. The van der Waals surface area contributed by atoms with Crippen LogP contribution in [0.15, 0.2) is 18.3 Å². The van der Waals surface area contributed by atoms with Gasteiger partial charge in [0.25, 0.3) is 0 Å². The van der Waals surface area contributed by atoms with Crippen LogP contribution in [-0.2, 0) is 0 Å². The van der Waals surface area contributed by atoms with E-state index in [9.17, 15) is 13.2 Å². The van der Waals surface area contributed by atoms with Crippen LogP contribution in [0, 0.1) is 17.5 Å². The van der Waals surface area contributed by atoms with Gasteiger partial charge in [-0.05, 0) is 12.1 Å². The molecule has 2 nitrogen and oxygen atoms in total. The van der Waals surface area contributed by atoms with E-state index in [0.29, 0.717) is 0 Å². The van der Waals surface area contributed by atoms with Crippen molar-refractivity contribution >= 4 is 10.9 Å². The standard InChI is InChI=1S/C9H4F3NO/c10-6-2-4-1-5(14)3-13-9(4)8(12)7(6)11/h1-3,14H. The largest absolute Gasteiger partial charge is 0.506 e. The van der Waals surface area contributed by atoms with Gasteiger partial charge < -0.3 is 5.11 Å². The number of pyridine rings is 1. The highest BCUT2D eigenvalue weighted by molar-refractivity contribution is 5.80. The molecule has 72 valence electrons. The summed E-state index contributed by atoms with van der Waals surface area (Å²) in [6.45, 7) is 0. The minimum Gasteiger partial charge on any atom is -0.506 e. The Labute approximate surface area is 76.6 Å². The molecule has 1 aromatic heterocycles. The van der Waals surface area contributed by atoms with Crippen molar-refractivity contribution in [3.63, 3.8) is 0 Å². The lowest BCUT2D eigenvalue weighted by molar-refractivity contribution is 0.451. The normalized spacial score (nSPS) is 10.8. The minimum absolute atomic E-state index is 0.0152. The third kappa shape index (κ3) is 1.17. The summed E-state index contributed by atoms with van der Waals surface area (Å²) in [7, 11) is 0. The summed E-state index contributed by atoms with van der Waals surface area (Å²) < 4.78 is 38.5. The number of aromatic hydroxyl groups is 1. The highest BCUT2D eigenvalue weighted by Gasteiger charge is 2.14. The van der Waals surface area contributed by atoms with E-state index >= 15 is 0 Å². The number of hydrogen-bond acceptors (Lipinski definition) is 2. The van der Waals surface area contributed by atoms with Gasteiger partial charge in [0.15, 0.2) is 17.5 Å². The van der Waals surface area contributed by atoms with Crippen LogP contribution in [-0.4, -0.2) is 10.1 Å².